The standard InChI is InChI=1S/C21H23ClN2O2/c22-18-7-4-8-19(13-18)24(14-16-5-2-1-3-6-16)21(25)26-20-15-23-11-9-17(20)10-12-23/h1-8,13,17,20H,9-12,14-15H2. The van der Waals surface area contributed by atoms with Gasteiger partial charge in [-0.2, -0.15) is 0 Å². The minimum absolute atomic E-state index is 0.0116. The highest BCUT2D eigenvalue weighted by Gasteiger charge is 2.37. The summed E-state index contributed by atoms with van der Waals surface area (Å²) in [6, 6.07) is 17.3. The number of piperidine rings is 3. The van der Waals surface area contributed by atoms with Crippen LogP contribution in [0, 0.1) is 5.92 Å². The van der Waals surface area contributed by atoms with Crippen molar-refractivity contribution in [3.8, 4) is 0 Å². The summed E-state index contributed by atoms with van der Waals surface area (Å²) < 4.78 is 5.96. The zero-order valence-corrected chi connectivity index (χ0v) is 15.4. The number of carbonyl (C=O) groups is 1. The van der Waals surface area contributed by atoms with Crippen molar-refractivity contribution >= 4 is 23.4 Å². The number of halogens is 1. The molecule has 26 heavy (non-hydrogen) atoms. The molecule has 3 saturated heterocycles. The van der Waals surface area contributed by atoms with E-state index in [2.05, 4.69) is 4.90 Å². The fourth-order valence-electron chi connectivity index (χ4n) is 3.91. The minimum atomic E-state index is -0.296. The first-order chi connectivity index (χ1) is 12.7. The molecule has 0 aromatic heterocycles. The Morgan fingerprint density at radius 1 is 1.12 bits per heavy atom. The van der Waals surface area contributed by atoms with Crippen molar-refractivity contribution < 1.29 is 9.53 Å². The lowest BCUT2D eigenvalue weighted by molar-refractivity contribution is -0.0311. The van der Waals surface area contributed by atoms with Crippen molar-refractivity contribution in [2.75, 3.05) is 24.5 Å². The second kappa shape index (κ2) is 7.68. The summed E-state index contributed by atoms with van der Waals surface area (Å²) in [7, 11) is 0. The lowest BCUT2D eigenvalue weighted by Crippen LogP contribution is -2.53. The van der Waals surface area contributed by atoms with Crippen LogP contribution in [-0.2, 0) is 11.3 Å². The molecule has 1 atom stereocenters. The number of carbonyl (C=O) groups excluding carboxylic acids is 1. The van der Waals surface area contributed by atoms with Crippen LogP contribution in [0.4, 0.5) is 10.5 Å². The van der Waals surface area contributed by atoms with E-state index >= 15 is 0 Å². The van der Waals surface area contributed by atoms with E-state index in [9.17, 15) is 4.79 Å². The smallest absolute Gasteiger partial charge is 0.414 e. The lowest BCUT2D eigenvalue weighted by atomic mass is 9.86. The number of benzene rings is 2. The molecule has 3 heterocycles. The Hall–Kier alpha value is -2.04. The van der Waals surface area contributed by atoms with Gasteiger partial charge in [0, 0.05) is 17.3 Å². The SMILES string of the molecule is O=C(OC1CN2CCC1CC2)N(Cc1ccccc1)c1cccc(Cl)c1. The average Bonchev–Trinajstić information content (AvgIpc) is 2.68. The molecule has 3 aliphatic rings. The van der Waals surface area contributed by atoms with E-state index in [0.717, 1.165) is 43.7 Å². The van der Waals surface area contributed by atoms with Crippen LogP contribution in [0.5, 0.6) is 0 Å². The fourth-order valence-corrected chi connectivity index (χ4v) is 4.09. The molecule has 5 rings (SSSR count). The Labute approximate surface area is 159 Å². The molecular weight excluding hydrogens is 348 g/mol. The van der Waals surface area contributed by atoms with E-state index in [1.807, 2.05) is 54.6 Å². The first-order valence-corrected chi connectivity index (χ1v) is 9.57. The van der Waals surface area contributed by atoms with Crippen LogP contribution in [0.25, 0.3) is 0 Å². The third kappa shape index (κ3) is 3.87. The van der Waals surface area contributed by atoms with Crippen molar-refractivity contribution in [2.45, 2.75) is 25.5 Å². The molecule has 136 valence electrons. The van der Waals surface area contributed by atoms with Gasteiger partial charge in [0.15, 0.2) is 0 Å². The van der Waals surface area contributed by atoms with E-state index in [1.165, 1.54) is 0 Å². The number of nitrogens with zero attached hydrogens (tertiary/aromatic N) is 2. The number of anilines is 1. The highest BCUT2D eigenvalue weighted by atomic mass is 35.5. The molecule has 3 fully saturated rings. The van der Waals surface area contributed by atoms with Crippen molar-refractivity contribution in [1.29, 1.82) is 0 Å². The van der Waals surface area contributed by atoms with Gasteiger partial charge in [-0.3, -0.25) is 9.80 Å². The Kier molecular flexibility index (Phi) is 5.14. The predicted molar refractivity (Wildman–Crippen MR) is 104 cm³/mol. The lowest BCUT2D eigenvalue weighted by Gasteiger charge is -2.44. The molecule has 0 spiro atoms. The number of fused-ring (bicyclic) bond motifs is 3. The van der Waals surface area contributed by atoms with E-state index < -0.39 is 0 Å². The maximum atomic E-state index is 13.0. The second-order valence-corrected chi connectivity index (χ2v) is 7.55. The molecule has 0 radical (unpaired) electrons. The van der Waals surface area contributed by atoms with Gasteiger partial charge in [-0.25, -0.2) is 4.79 Å². The largest absolute Gasteiger partial charge is 0.444 e. The molecule has 1 amide bonds. The Morgan fingerprint density at radius 2 is 1.88 bits per heavy atom. The van der Waals surface area contributed by atoms with Gasteiger partial charge in [0.2, 0.25) is 0 Å². The summed E-state index contributed by atoms with van der Waals surface area (Å²) in [6.07, 6.45) is 1.93. The molecule has 0 aliphatic carbocycles. The quantitative estimate of drug-likeness (QED) is 0.789. The van der Waals surface area contributed by atoms with Gasteiger partial charge < -0.3 is 4.74 Å². The van der Waals surface area contributed by atoms with E-state index in [4.69, 9.17) is 16.3 Å². The fraction of sp³-hybridized carbons (Fsp3) is 0.381. The zero-order valence-electron chi connectivity index (χ0n) is 14.7. The van der Waals surface area contributed by atoms with Gasteiger partial charge >= 0.3 is 6.09 Å². The summed E-state index contributed by atoms with van der Waals surface area (Å²) in [5, 5.41) is 0.608. The summed E-state index contributed by atoms with van der Waals surface area (Å²) in [5.41, 5.74) is 1.81. The Bertz CT molecular complexity index is 760. The zero-order chi connectivity index (χ0) is 17.9. The highest BCUT2D eigenvalue weighted by Crippen LogP contribution is 2.31. The maximum Gasteiger partial charge on any atom is 0.414 e. The summed E-state index contributed by atoms with van der Waals surface area (Å²) in [4.78, 5) is 17.1. The van der Waals surface area contributed by atoms with Gasteiger partial charge in [-0.1, -0.05) is 48.0 Å². The molecule has 1 unspecified atom stereocenters. The van der Waals surface area contributed by atoms with Crippen LogP contribution in [0.3, 0.4) is 0 Å². The van der Waals surface area contributed by atoms with Gasteiger partial charge in [-0.05, 0) is 55.6 Å². The van der Waals surface area contributed by atoms with E-state index in [1.54, 1.807) is 4.90 Å². The van der Waals surface area contributed by atoms with Gasteiger partial charge in [-0.15, -0.1) is 0 Å². The van der Waals surface area contributed by atoms with Crippen molar-refractivity contribution in [2.24, 2.45) is 5.92 Å². The third-order valence-electron chi connectivity index (χ3n) is 5.37. The second-order valence-electron chi connectivity index (χ2n) is 7.11. The first kappa shape index (κ1) is 17.4. The van der Waals surface area contributed by atoms with Crippen LogP contribution >= 0.6 is 11.6 Å². The topological polar surface area (TPSA) is 32.8 Å². The Morgan fingerprint density at radius 3 is 2.54 bits per heavy atom. The molecule has 2 aromatic rings. The number of amides is 1. The van der Waals surface area contributed by atoms with Crippen molar-refractivity contribution in [1.82, 2.24) is 4.90 Å². The van der Waals surface area contributed by atoms with E-state index in [-0.39, 0.29) is 12.2 Å². The van der Waals surface area contributed by atoms with Crippen LogP contribution in [-0.4, -0.2) is 36.7 Å². The molecule has 0 saturated carbocycles. The summed E-state index contributed by atoms with van der Waals surface area (Å²) in [6.45, 7) is 3.56. The number of rotatable bonds is 4. The predicted octanol–water partition coefficient (Wildman–Crippen LogP) is 4.58. The van der Waals surface area contributed by atoms with Gasteiger partial charge in [0.05, 0.1) is 6.54 Å². The molecular formula is C21H23ClN2O2. The van der Waals surface area contributed by atoms with Crippen molar-refractivity contribution in [3.05, 3.63) is 65.2 Å². The number of hydrogen-bond acceptors (Lipinski definition) is 3. The number of ether oxygens (including phenoxy) is 1. The monoisotopic (exact) mass is 370 g/mol. The molecule has 4 nitrogen and oxygen atoms in total. The normalized spacial score (nSPS) is 24.3. The first-order valence-electron chi connectivity index (χ1n) is 9.19. The van der Waals surface area contributed by atoms with E-state index in [0.29, 0.717) is 17.5 Å². The third-order valence-corrected chi connectivity index (χ3v) is 5.61. The average molecular weight is 371 g/mol. The van der Waals surface area contributed by atoms with Crippen LogP contribution < -0.4 is 4.90 Å². The molecule has 2 aromatic carbocycles. The van der Waals surface area contributed by atoms with Crippen LogP contribution in [0.2, 0.25) is 5.02 Å². The van der Waals surface area contributed by atoms with Gasteiger partial charge in [0.25, 0.3) is 0 Å². The molecule has 2 bridgehead atoms. The van der Waals surface area contributed by atoms with Crippen LogP contribution in [0.1, 0.15) is 18.4 Å². The Balaban J connectivity index is 1.54. The molecule has 5 heteroatoms. The van der Waals surface area contributed by atoms with Crippen molar-refractivity contribution in [3.63, 3.8) is 0 Å². The molecule has 3 aliphatic heterocycles. The molecule has 0 N–H and O–H groups in total. The summed E-state index contributed by atoms with van der Waals surface area (Å²) in [5.74, 6) is 0.488. The number of hydrogen-bond donors (Lipinski definition) is 0. The highest BCUT2D eigenvalue weighted by molar-refractivity contribution is 6.30. The maximum absolute atomic E-state index is 13.0. The summed E-state index contributed by atoms with van der Waals surface area (Å²) >= 11 is 6.15. The van der Waals surface area contributed by atoms with Crippen LogP contribution in [0.15, 0.2) is 54.6 Å². The minimum Gasteiger partial charge on any atom is -0.444 e. The van der Waals surface area contributed by atoms with Gasteiger partial charge in [0.1, 0.15) is 6.10 Å².